The fraction of sp³-hybridized carbons (Fsp3) is 0.0909. The van der Waals surface area contributed by atoms with E-state index in [2.05, 4.69) is 9.97 Å². The standard InChI is InChI=1S/C22H18N2O2/c1-15-11-17-12-16(14-23-22(17)24-15)13-20(25)19-9-5-6-10-21(19)26-18-7-3-2-4-8-18/h2-12,14H,13H2,1H3,(H,23,24). The van der Waals surface area contributed by atoms with E-state index < -0.39 is 0 Å². The second-order valence-electron chi connectivity index (χ2n) is 6.24. The number of nitrogens with one attached hydrogen (secondary N) is 1. The number of rotatable bonds is 5. The van der Waals surface area contributed by atoms with Crippen molar-refractivity contribution in [3.8, 4) is 11.5 Å². The number of pyridine rings is 1. The number of ether oxygens (including phenoxy) is 1. The number of ketones is 1. The van der Waals surface area contributed by atoms with E-state index in [1.165, 1.54) is 0 Å². The van der Waals surface area contributed by atoms with E-state index in [4.69, 9.17) is 4.74 Å². The molecule has 4 heteroatoms. The Morgan fingerprint density at radius 2 is 1.81 bits per heavy atom. The van der Waals surface area contributed by atoms with Crippen LogP contribution < -0.4 is 4.74 Å². The van der Waals surface area contributed by atoms with Crippen LogP contribution in [0.2, 0.25) is 0 Å². The van der Waals surface area contributed by atoms with Crippen LogP contribution in [0.25, 0.3) is 11.0 Å². The van der Waals surface area contributed by atoms with Gasteiger partial charge in [0.2, 0.25) is 0 Å². The SMILES string of the molecule is Cc1cc2cc(CC(=O)c3ccccc3Oc3ccccc3)cnc2[nH]1. The quantitative estimate of drug-likeness (QED) is 0.514. The molecule has 1 N–H and O–H groups in total. The zero-order chi connectivity index (χ0) is 17.9. The van der Waals surface area contributed by atoms with Crippen LogP contribution in [0.4, 0.5) is 0 Å². The Kier molecular flexibility index (Phi) is 4.23. The molecule has 26 heavy (non-hydrogen) atoms. The van der Waals surface area contributed by atoms with Gasteiger partial charge in [-0.1, -0.05) is 30.3 Å². The lowest BCUT2D eigenvalue weighted by atomic mass is 10.0. The molecule has 0 aliphatic heterocycles. The van der Waals surface area contributed by atoms with Crippen LogP contribution in [0.1, 0.15) is 21.6 Å². The highest BCUT2D eigenvalue weighted by Crippen LogP contribution is 2.26. The minimum absolute atomic E-state index is 0.00457. The van der Waals surface area contributed by atoms with Gasteiger partial charge in [-0.2, -0.15) is 0 Å². The molecule has 0 bridgehead atoms. The average Bonchev–Trinajstić information content (AvgIpc) is 3.02. The van der Waals surface area contributed by atoms with E-state index in [1.54, 1.807) is 12.3 Å². The summed E-state index contributed by atoms with van der Waals surface area (Å²) in [6.07, 6.45) is 2.03. The Labute approximate surface area is 151 Å². The molecule has 4 rings (SSSR count). The van der Waals surface area contributed by atoms with Gasteiger partial charge in [0.05, 0.1) is 5.56 Å². The van der Waals surface area contributed by atoms with E-state index in [1.807, 2.05) is 67.6 Å². The lowest BCUT2D eigenvalue weighted by Crippen LogP contribution is -2.05. The number of aromatic amines is 1. The maximum atomic E-state index is 12.9. The van der Waals surface area contributed by atoms with Crippen molar-refractivity contribution in [2.24, 2.45) is 0 Å². The van der Waals surface area contributed by atoms with Crippen molar-refractivity contribution in [2.45, 2.75) is 13.3 Å². The number of hydrogen-bond donors (Lipinski definition) is 1. The predicted molar refractivity (Wildman–Crippen MR) is 102 cm³/mol. The molecule has 4 aromatic rings. The summed E-state index contributed by atoms with van der Waals surface area (Å²) in [5.41, 5.74) is 3.35. The van der Waals surface area contributed by atoms with Crippen LogP contribution in [0.5, 0.6) is 11.5 Å². The normalized spacial score (nSPS) is 10.8. The number of aryl methyl sites for hydroxylation is 1. The first kappa shape index (κ1) is 16.1. The summed E-state index contributed by atoms with van der Waals surface area (Å²) in [5.74, 6) is 1.28. The van der Waals surface area contributed by atoms with E-state index in [9.17, 15) is 4.79 Å². The van der Waals surface area contributed by atoms with Crippen molar-refractivity contribution in [2.75, 3.05) is 0 Å². The predicted octanol–water partition coefficient (Wildman–Crippen LogP) is 5.09. The van der Waals surface area contributed by atoms with Crippen molar-refractivity contribution < 1.29 is 9.53 Å². The first-order valence-electron chi connectivity index (χ1n) is 8.48. The Balaban J connectivity index is 1.59. The van der Waals surface area contributed by atoms with Crippen LogP contribution in [-0.2, 0) is 6.42 Å². The number of benzene rings is 2. The molecular formula is C22H18N2O2. The third-order valence-electron chi connectivity index (χ3n) is 4.18. The summed E-state index contributed by atoms with van der Waals surface area (Å²) in [7, 11) is 0. The largest absolute Gasteiger partial charge is 0.457 e. The molecule has 0 atom stereocenters. The molecule has 0 unspecified atom stereocenters. The highest BCUT2D eigenvalue weighted by molar-refractivity contribution is 6.00. The lowest BCUT2D eigenvalue weighted by Gasteiger charge is -2.10. The van der Waals surface area contributed by atoms with E-state index in [-0.39, 0.29) is 12.2 Å². The molecule has 128 valence electrons. The smallest absolute Gasteiger partial charge is 0.171 e. The molecule has 4 nitrogen and oxygen atoms in total. The topological polar surface area (TPSA) is 55.0 Å². The zero-order valence-corrected chi connectivity index (χ0v) is 14.4. The number of fused-ring (bicyclic) bond motifs is 1. The minimum atomic E-state index is 0.00457. The fourth-order valence-corrected chi connectivity index (χ4v) is 2.98. The van der Waals surface area contributed by atoms with Crippen molar-refractivity contribution in [3.63, 3.8) is 0 Å². The average molecular weight is 342 g/mol. The first-order valence-corrected chi connectivity index (χ1v) is 8.48. The van der Waals surface area contributed by atoms with Crippen LogP contribution >= 0.6 is 0 Å². The molecule has 0 aliphatic carbocycles. The Bertz CT molecular complexity index is 1070. The van der Waals surface area contributed by atoms with E-state index in [0.717, 1.165) is 22.3 Å². The van der Waals surface area contributed by atoms with Gasteiger partial charge in [-0.25, -0.2) is 4.98 Å². The van der Waals surface area contributed by atoms with Gasteiger partial charge in [0.15, 0.2) is 5.78 Å². The van der Waals surface area contributed by atoms with Crippen LogP contribution in [0.15, 0.2) is 72.9 Å². The van der Waals surface area contributed by atoms with Crippen LogP contribution in [0.3, 0.4) is 0 Å². The molecule has 0 saturated carbocycles. The highest BCUT2D eigenvalue weighted by Gasteiger charge is 2.14. The molecule has 0 aliphatic rings. The maximum Gasteiger partial charge on any atom is 0.171 e. The first-order chi connectivity index (χ1) is 12.7. The zero-order valence-electron chi connectivity index (χ0n) is 14.4. The second-order valence-corrected chi connectivity index (χ2v) is 6.24. The number of para-hydroxylation sites is 2. The van der Waals surface area contributed by atoms with Crippen molar-refractivity contribution in [3.05, 3.63) is 89.7 Å². The molecule has 2 aromatic carbocycles. The third kappa shape index (κ3) is 3.35. The van der Waals surface area contributed by atoms with Gasteiger partial charge in [0, 0.05) is 23.7 Å². The summed E-state index contributed by atoms with van der Waals surface area (Å²) in [6.45, 7) is 1.99. The summed E-state index contributed by atoms with van der Waals surface area (Å²) >= 11 is 0. The molecule has 0 spiro atoms. The molecule has 0 saturated heterocycles. The molecule has 0 radical (unpaired) electrons. The summed E-state index contributed by atoms with van der Waals surface area (Å²) in [4.78, 5) is 20.4. The van der Waals surface area contributed by atoms with E-state index in [0.29, 0.717) is 17.1 Å². The van der Waals surface area contributed by atoms with Crippen molar-refractivity contribution >= 4 is 16.8 Å². The molecule has 0 fully saturated rings. The van der Waals surface area contributed by atoms with Gasteiger partial charge in [-0.15, -0.1) is 0 Å². The number of Topliss-reactive ketones (excluding diaryl/α,β-unsaturated/α-hetero) is 1. The number of carbonyl (C=O) groups excluding carboxylic acids is 1. The minimum Gasteiger partial charge on any atom is -0.457 e. The number of aromatic nitrogens is 2. The Morgan fingerprint density at radius 3 is 2.65 bits per heavy atom. The number of nitrogens with zero attached hydrogens (tertiary/aromatic N) is 1. The molecular weight excluding hydrogens is 324 g/mol. The number of hydrogen-bond acceptors (Lipinski definition) is 3. The maximum absolute atomic E-state index is 12.9. The summed E-state index contributed by atoms with van der Waals surface area (Å²) in [5, 5.41) is 1.02. The van der Waals surface area contributed by atoms with Gasteiger partial charge in [-0.3, -0.25) is 4.79 Å². The molecule has 2 heterocycles. The molecule has 0 amide bonds. The molecule has 2 aromatic heterocycles. The summed E-state index contributed by atoms with van der Waals surface area (Å²) in [6, 6.07) is 20.8. The second kappa shape index (κ2) is 6.84. The van der Waals surface area contributed by atoms with Crippen LogP contribution in [0, 0.1) is 6.92 Å². The fourth-order valence-electron chi connectivity index (χ4n) is 2.98. The number of H-pyrrole nitrogens is 1. The van der Waals surface area contributed by atoms with Crippen LogP contribution in [-0.4, -0.2) is 15.8 Å². The monoisotopic (exact) mass is 342 g/mol. The highest BCUT2D eigenvalue weighted by atomic mass is 16.5. The Morgan fingerprint density at radius 1 is 1.04 bits per heavy atom. The van der Waals surface area contributed by atoms with Gasteiger partial charge < -0.3 is 9.72 Å². The van der Waals surface area contributed by atoms with Crippen molar-refractivity contribution in [1.82, 2.24) is 9.97 Å². The van der Waals surface area contributed by atoms with E-state index >= 15 is 0 Å². The number of carbonyl (C=O) groups is 1. The van der Waals surface area contributed by atoms with Gasteiger partial charge in [0.1, 0.15) is 17.1 Å². The Hall–Kier alpha value is -3.40. The third-order valence-corrected chi connectivity index (χ3v) is 4.18. The van der Waals surface area contributed by atoms with Gasteiger partial charge >= 0.3 is 0 Å². The summed E-state index contributed by atoms with van der Waals surface area (Å²) < 4.78 is 5.90. The van der Waals surface area contributed by atoms with Gasteiger partial charge in [-0.05, 0) is 48.9 Å². The van der Waals surface area contributed by atoms with Gasteiger partial charge in [0.25, 0.3) is 0 Å². The van der Waals surface area contributed by atoms with Crippen molar-refractivity contribution in [1.29, 1.82) is 0 Å². The lowest BCUT2D eigenvalue weighted by molar-refractivity contribution is 0.0990.